The molecule has 1 aliphatic heterocycles. The molecular weight excluding hydrogens is 424 g/mol. The van der Waals surface area contributed by atoms with E-state index in [2.05, 4.69) is 17.6 Å². The molecule has 32 heavy (non-hydrogen) atoms. The highest BCUT2D eigenvalue weighted by Gasteiger charge is 2.44. The number of nitrogens with one attached hydrogen (secondary N) is 2. The molecule has 3 N–H and O–H groups in total. The van der Waals surface area contributed by atoms with E-state index in [0.29, 0.717) is 24.0 Å². The lowest BCUT2D eigenvalue weighted by Gasteiger charge is -2.43. The summed E-state index contributed by atoms with van der Waals surface area (Å²) in [5, 5.41) is 16.8. The lowest BCUT2D eigenvalue weighted by atomic mass is 9.62. The third-order valence-corrected chi connectivity index (χ3v) is 10.0. The van der Waals surface area contributed by atoms with E-state index in [-0.39, 0.29) is 35.1 Å². The van der Waals surface area contributed by atoms with Crippen LogP contribution in [-0.4, -0.2) is 47.5 Å². The van der Waals surface area contributed by atoms with Crippen molar-refractivity contribution in [3.8, 4) is 0 Å². The Labute approximate surface area is 197 Å². The number of carbonyl (C=O) groups excluding carboxylic acids is 1. The van der Waals surface area contributed by atoms with Crippen LogP contribution in [0.4, 0.5) is 0 Å². The predicted molar refractivity (Wildman–Crippen MR) is 127 cm³/mol. The number of carbonyl (C=O) groups is 2. The van der Waals surface area contributed by atoms with Crippen molar-refractivity contribution in [2.75, 3.05) is 12.9 Å². The highest BCUT2D eigenvalue weighted by molar-refractivity contribution is 8.00. The van der Waals surface area contributed by atoms with E-state index in [4.69, 9.17) is 4.74 Å². The Kier molecular flexibility index (Phi) is 8.43. The quantitative estimate of drug-likeness (QED) is 0.543. The molecule has 7 heteroatoms. The van der Waals surface area contributed by atoms with Crippen LogP contribution in [0, 0.1) is 35.5 Å². The number of rotatable bonds is 6. The van der Waals surface area contributed by atoms with Gasteiger partial charge in [0.25, 0.3) is 0 Å². The molecule has 0 aromatic heterocycles. The average Bonchev–Trinajstić information content (AvgIpc) is 3.27. The summed E-state index contributed by atoms with van der Waals surface area (Å²) in [7, 11) is 1.81. The van der Waals surface area contributed by atoms with Crippen LogP contribution in [-0.2, 0) is 14.3 Å². The summed E-state index contributed by atoms with van der Waals surface area (Å²) in [5.41, 5.74) is -0.0192. The highest BCUT2D eigenvalue weighted by Crippen LogP contribution is 2.46. The first kappa shape index (κ1) is 24.3. The largest absolute Gasteiger partial charge is 0.481 e. The average molecular weight is 467 g/mol. The molecular formula is C25H42N2O4S. The van der Waals surface area contributed by atoms with Gasteiger partial charge in [0.15, 0.2) is 0 Å². The summed E-state index contributed by atoms with van der Waals surface area (Å²) < 4.78 is 5.51. The molecule has 0 bridgehead atoms. The molecule has 182 valence electrons. The SMILES string of the molecule is COC1CCC(C2CSC(NC(=O)C3CCC(C)CC3C3CCCCC3C(=O)O)N2)CC1. The molecule has 4 aliphatic rings. The summed E-state index contributed by atoms with van der Waals surface area (Å²) in [6, 6.07) is 0.458. The standard InChI is InChI=1S/C25H42N2O4S/c1-15-7-12-19(21(13-15)18-5-3-4-6-20(18)24(29)30)23(28)27-25-26-22(14-32-25)16-8-10-17(31-2)11-9-16/h15-22,25-26H,3-14H2,1-2H3,(H,27,28)(H,29,30). The van der Waals surface area contributed by atoms with E-state index in [1.165, 1.54) is 12.8 Å². The fourth-order valence-electron chi connectivity index (χ4n) is 7.01. The third kappa shape index (κ3) is 5.64. The maximum Gasteiger partial charge on any atom is 0.306 e. The zero-order chi connectivity index (χ0) is 22.7. The second-order valence-corrected chi connectivity index (χ2v) is 12.0. The number of amides is 1. The van der Waals surface area contributed by atoms with Crippen LogP contribution in [0.5, 0.6) is 0 Å². The van der Waals surface area contributed by atoms with Gasteiger partial charge in [-0.1, -0.05) is 19.8 Å². The Hall–Kier alpha value is -0.790. The first-order valence-electron chi connectivity index (χ1n) is 12.9. The van der Waals surface area contributed by atoms with E-state index < -0.39 is 5.97 Å². The molecule has 7 unspecified atom stereocenters. The van der Waals surface area contributed by atoms with Crippen LogP contribution in [0.3, 0.4) is 0 Å². The first-order valence-corrected chi connectivity index (χ1v) is 13.9. The van der Waals surface area contributed by atoms with Gasteiger partial charge < -0.3 is 15.2 Å². The molecule has 0 spiro atoms. The number of carboxylic acids is 1. The smallest absolute Gasteiger partial charge is 0.306 e. The van der Waals surface area contributed by atoms with Crippen molar-refractivity contribution >= 4 is 23.6 Å². The van der Waals surface area contributed by atoms with E-state index in [1.807, 2.05) is 18.9 Å². The maximum atomic E-state index is 13.4. The van der Waals surface area contributed by atoms with Gasteiger partial charge in [-0.05, 0) is 81.5 Å². The molecule has 4 fully saturated rings. The van der Waals surface area contributed by atoms with Gasteiger partial charge >= 0.3 is 5.97 Å². The van der Waals surface area contributed by atoms with Gasteiger partial charge in [-0.15, -0.1) is 11.8 Å². The fourth-order valence-corrected chi connectivity index (χ4v) is 8.25. The van der Waals surface area contributed by atoms with Gasteiger partial charge in [0.05, 0.1) is 12.0 Å². The van der Waals surface area contributed by atoms with Crippen LogP contribution >= 0.6 is 11.8 Å². The zero-order valence-electron chi connectivity index (χ0n) is 19.8. The Balaban J connectivity index is 1.35. The number of carboxylic acid groups (broad SMARTS) is 1. The van der Waals surface area contributed by atoms with Crippen molar-refractivity contribution in [2.24, 2.45) is 35.5 Å². The van der Waals surface area contributed by atoms with E-state index >= 15 is 0 Å². The molecule has 0 aromatic carbocycles. The normalized spacial score (nSPS) is 43.0. The van der Waals surface area contributed by atoms with Crippen molar-refractivity contribution < 1.29 is 19.4 Å². The minimum atomic E-state index is -0.661. The number of methoxy groups -OCH3 is 1. The molecule has 1 heterocycles. The van der Waals surface area contributed by atoms with Gasteiger partial charge in [-0.3, -0.25) is 14.9 Å². The minimum Gasteiger partial charge on any atom is -0.481 e. The number of hydrogen-bond acceptors (Lipinski definition) is 5. The van der Waals surface area contributed by atoms with Crippen LogP contribution in [0.25, 0.3) is 0 Å². The zero-order valence-corrected chi connectivity index (χ0v) is 20.6. The van der Waals surface area contributed by atoms with Gasteiger partial charge in [0, 0.05) is 24.8 Å². The molecule has 1 saturated heterocycles. The van der Waals surface area contributed by atoms with Crippen LogP contribution in [0.15, 0.2) is 0 Å². The maximum absolute atomic E-state index is 13.4. The molecule has 7 atom stereocenters. The number of thioether (sulfide) groups is 1. The summed E-state index contributed by atoms with van der Waals surface area (Å²) >= 11 is 1.82. The molecule has 1 amide bonds. The van der Waals surface area contributed by atoms with Crippen LogP contribution < -0.4 is 10.6 Å². The van der Waals surface area contributed by atoms with Crippen LogP contribution in [0.1, 0.15) is 77.6 Å². The van der Waals surface area contributed by atoms with Gasteiger partial charge in [-0.2, -0.15) is 0 Å². The predicted octanol–water partition coefficient (Wildman–Crippen LogP) is 4.24. The Morgan fingerprint density at radius 3 is 2.44 bits per heavy atom. The number of ether oxygens (including phenoxy) is 1. The molecule has 0 aromatic rings. The van der Waals surface area contributed by atoms with Gasteiger partial charge in [0.1, 0.15) is 5.50 Å². The summed E-state index contributed by atoms with van der Waals surface area (Å²) in [5.74, 6) is 1.79. The summed E-state index contributed by atoms with van der Waals surface area (Å²) in [6.07, 6.45) is 11.8. The van der Waals surface area contributed by atoms with E-state index in [0.717, 1.165) is 63.5 Å². The second-order valence-electron chi connectivity index (χ2n) is 10.8. The summed E-state index contributed by atoms with van der Waals surface area (Å²) in [6.45, 7) is 2.26. The lowest BCUT2D eigenvalue weighted by molar-refractivity contribution is -0.148. The molecule has 6 nitrogen and oxygen atoms in total. The summed E-state index contributed by atoms with van der Waals surface area (Å²) in [4.78, 5) is 25.4. The van der Waals surface area contributed by atoms with Crippen molar-refractivity contribution in [1.82, 2.24) is 10.6 Å². The number of aliphatic carboxylic acids is 1. The third-order valence-electron chi connectivity index (χ3n) is 8.89. The highest BCUT2D eigenvalue weighted by atomic mass is 32.2. The number of hydrogen-bond donors (Lipinski definition) is 3. The van der Waals surface area contributed by atoms with Gasteiger partial charge in [-0.25, -0.2) is 0 Å². The Morgan fingerprint density at radius 1 is 0.969 bits per heavy atom. The van der Waals surface area contributed by atoms with Crippen LogP contribution in [0.2, 0.25) is 0 Å². The van der Waals surface area contributed by atoms with E-state index in [9.17, 15) is 14.7 Å². The van der Waals surface area contributed by atoms with Crippen molar-refractivity contribution in [2.45, 2.75) is 95.2 Å². The lowest BCUT2D eigenvalue weighted by Crippen LogP contribution is -2.50. The molecule has 3 saturated carbocycles. The van der Waals surface area contributed by atoms with E-state index in [1.54, 1.807) is 0 Å². The van der Waals surface area contributed by atoms with Crippen molar-refractivity contribution in [3.63, 3.8) is 0 Å². The first-order chi connectivity index (χ1) is 15.5. The Bertz CT molecular complexity index is 654. The molecule has 4 rings (SSSR count). The fraction of sp³-hybridized carbons (Fsp3) is 0.920. The Morgan fingerprint density at radius 2 is 1.72 bits per heavy atom. The molecule has 0 radical (unpaired) electrons. The monoisotopic (exact) mass is 466 g/mol. The topological polar surface area (TPSA) is 87.7 Å². The van der Waals surface area contributed by atoms with Gasteiger partial charge in [0.2, 0.25) is 5.91 Å². The molecule has 3 aliphatic carbocycles. The van der Waals surface area contributed by atoms with Crippen molar-refractivity contribution in [3.05, 3.63) is 0 Å². The second kappa shape index (κ2) is 11.1. The minimum absolute atomic E-state index is 0.0192. The van der Waals surface area contributed by atoms with Crippen molar-refractivity contribution in [1.29, 1.82) is 0 Å².